The van der Waals surface area contributed by atoms with Crippen molar-refractivity contribution in [3.05, 3.63) is 82.8 Å². The van der Waals surface area contributed by atoms with Gasteiger partial charge in [0.25, 0.3) is 0 Å². The number of esters is 1. The average Bonchev–Trinajstić information content (AvgIpc) is 2.89. The first-order valence-electron chi connectivity index (χ1n) is 12.2. The molecule has 0 aliphatic carbocycles. The Morgan fingerprint density at radius 3 is 2.38 bits per heavy atom. The number of nitrogens with zero attached hydrogens (tertiary/aromatic N) is 1. The zero-order valence-corrected chi connectivity index (χ0v) is 23.4. The molecule has 3 aromatic rings. The van der Waals surface area contributed by atoms with Crippen LogP contribution in [0.5, 0.6) is 5.75 Å². The Kier molecular flexibility index (Phi) is 9.03. The quantitative estimate of drug-likeness (QED) is 0.276. The summed E-state index contributed by atoms with van der Waals surface area (Å²) in [6.07, 6.45) is -4.33. The van der Waals surface area contributed by atoms with Gasteiger partial charge in [-0.1, -0.05) is 58.4 Å². The van der Waals surface area contributed by atoms with Crippen LogP contribution in [0.1, 0.15) is 18.4 Å². The van der Waals surface area contributed by atoms with Crippen LogP contribution >= 0.6 is 15.9 Å². The van der Waals surface area contributed by atoms with Gasteiger partial charge >= 0.3 is 12.1 Å². The molecule has 1 aliphatic heterocycles. The lowest BCUT2D eigenvalue weighted by molar-refractivity contribution is -0.217. The second kappa shape index (κ2) is 12.1. The summed E-state index contributed by atoms with van der Waals surface area (Å²) in [5, 5.41) is 0. The van der Waals surface area contributed by atoms with Crippen LogP contribution in [0.15, 0.2) is 82.2 Å². The summed E-state index contributed by atoms with van der Waals surface area (Å²) in [5.74, 6) is -2.12. The maximum Gasteiger partial charge on any atom is 0.490 e. The van der Waals surface area contributed by atoms with Crippen molar-refractivity contribution in [3.8, 4) is 16.9 Å². The van der Waals surface area contributed by atoms with Crippen LogP contribution in [0.3, 0.4) is 0 Å². The highest BCUT2D eigenvalue weighted by molar-refractivity contribution is 9.10. The number of piperidine rings is 1. The summed E-state index contributed by atoms with van der Waals surface area (Å²) < 4.78 is 75.7. The molecule has 0 N–H and O–H groups in total. The Hall–Kier alpha value is -2.89. The lowest BCUT2D eigenvalue weighted by Crippen LogP contribution is -2.47. The second-order valence-corrected chi connectivity index (χ2v) is 12.4. The molecule has 0 radical (unpaired) electrons. The predicted molar refractivity (Wildman–Crippen MR) is 144 cm³/mol. The monoisotopic (exact) mass is 625 g/mol. The van der Waals surface area contributed by atoms with Gasteiger partial charge in [-0.15, -0.1) is 0 Å². The molecule has 2 atom stereocenters. The van der Waals surface area contributed by atoms with Crippen LogP contribution in [0, 0.1) is 5.92 Å². The number of hydrogen-bond donors (Lipinski definition) is 0. The Bertz CT molecular complexity index is 1400. The molecule has 4 rings (SSSR count). The average molecular weight is 626 g/mol. The van der Waals surface area contributed by atoms with Gasteiger partial charge in [-0.25, -0.2) is 13.2 Å². The number of halogens is 4. The first kappa shape index (κ1) is 29.1. The van der Waals surface area contributed by atoms with E-state index >= 15 is 0 Å². The number of alkyl halides is 3. The van der Waals surface area contributed by atoms with Crippen LogP contribution in [0.25, 0.3) is 11.1 Å². The topological polar surface area (TPSA) is 72.9 Å². The third-order valence-electron chi connectivity index (χ3n) is 6.46. The summed E-state index contributed by atoms with van der Waals surface area (Å²) in [5.41, 5.74) is 2.16. The number of sulfone groups is 1. The van der Waals surface area contributed by atoms with Gasteiger partial charge in [-0.3, -0.25) is 4.90 Å². The number of carbonyl (C=O) groups is 1. The Morgan fingerprint density at radius 1 is 1.05 bits per heavy atom. The van der Waals surface area contributed by atoms with Crippen molar-refractivity contribution in [2.75, 3.05) is 19.4 Å². The lowest BCUT2D eigenvalue weighted by Gasteiger charge is -2.38. The molecule has 0 saturated carbocycles. The van der Waals surface area contributed by atoms with E-state index in [1.165, 1.54) is 6.07 Å². The van der Waals surface area contributed by atoms with E-state index in [0.717, 1.165) is 21.9 Å². The largest absolute Gasteiger partial charge is 0.493 e. The van der Waals surface area contributed by atoms with E-state index < -0.39 is 28.2 Å². The van der Waals surface area contributed by atoms with Gasteiger partial charge in [-0.05, 0) is 53.8 Å². The van der Waals surface area contributed by atoms with E-state index in [1.54, 1.807) is 17.0 Å². The minimum atomic E-state index is -5.10. The molecule has 1 aliphatic rings. The number of rotatable bonds is 8. The van der Waals surface area contributed by atoms with E-state index in [-0.39, 0.29) is 23.8 Å². The van der Waals surface area contributed by atoms with E-state index in [0.29, 0.717) is 30.8 Å². The summed E-state index contributed by atoms with van der Waals surface area (Å²) in [7, 11) is -3.58. The molecule has 39 heavy (non-hydrogen) atoms. The van der Waals surface area contributed by atoms with Gasteiger partial charge in [0.2, 0.25) is 0 Å². The van der Waals surface area contributed by atoms with Crippen molar-refractivity contribution in [2.24, 2.45) is 5.92 Å². The maximum absolute atomic E-state index is 13.0. The van der Waals surface area contributed by atoms with Crippen LogP contribution < -0.4 is 4.74 Å². The highest BCUT2D eigenvalue weighted by Crippen LogP contribution is 2.33. The standard InChI is InChI=1S/C28H27BrF3NO5S/c1-39(35,36)25-16-23(11-12-24(25)21-5-3-2-4-6-21)37-18-20-13-14-33(17-19-7-9-22(29)10-8-19)26(15-20)38-27(34)28(30,31)32/h2-12,16,20,26H,13-15,17-18H2,1H3. The zero-order valence-electron chi connectivity index (χ0n) is 21.0. The lowest BCUT2D eigenvalue weighted by atomic mass is 9.95. The van der Waals surface area contributed by atoms with Crippen LogP contribution in [-0.2, 0) is 25.9 Å². The molecule has 0 spiro atoms. The van der Waals surface area contributed by atoms with Crippen molar-refractivity contribution < 1.29 is 35.9 Å². The Balaban J connectivity index is 1.48. The van der Waals surface area contributed by atoms with Crippen LogP contribution in [-0.4, -0.2) is 51.1 Å². The minimum Gasteiger partial charge on any atom is -0.493 e. The van der Waals surface area contributed by atoms with Crippen molar-refractivity contribution in [2.45, 2.75) is 36.7 Å². The van der Waals surface area contributed by atoms with Crippen molar-refractivity contribution in [3.63, 3.8) is 0 Å². The number of ether oxygens (including phenoxy) is 2. The number of carbonyl (C=O) groups excluding carboxylic acids is 1. The molecule has 0 amide bonds. The van der Waals surface area contributed by atoms with Crippen molar-refractivity contribution in [1.29, 1.82) is 0 Å². The summed E-state index contributed by atoms with van der Waals surface area (Å²) in [4.78, 5) is 13.5. The van der Waals surface area contributed by atoms with Gasteiger partial charge in [0.15, 0.2) is 16.1 Å². The second-order valence-electron chi connectivity index (χ2n) is 9.45. The predicted octanol–water partition coefficient (Wildman–Crippen LogP) is 6.24. The van der Waals surface area contributed by atoms with E-state index in [4.69, 9.17) is 9.47 Å². The molecule has 3 aromatic carbocycles. The molecule has 0 bridgehead atoms. The van der Waals surface area contributed by atoms with Gasteiger partial charge in [-0.2, -0.15) is 13.2 Å². The molecule has 2 unspecified atom stereocenters. The molecular weight excluding hydrogens is 599 g/mol. The van der Waals surface area contributed by atoms with Crippen molar-refractivity contribution >= 4 is 31.7 Å². The van der Waals surface area contributed by atoms with Crippen LogP contribution in [0.4, 0.5) is 13.2 Å². The molecule has 6 nitrogen and oxygen atoms in total. The van der Waals surface area contributed by atoms with Gasteiger partial charge in [0.05, 0.1) is 11.5 Å². The minimum absolute atomic E-state index is 0.118. The normalized spacial score (nSPS) is 18.5. The fraction of sp³-hybridized carbons (Fsp3) is 0.321. The van der Waals surface area contributed by atoms with E-state index in [2.05, 4.69) is 15.9 Å². The fourth-order valence-corrected chi connectivity index (χ4v) is 5.66. The summed E-state index contributed by atoms with van der Waals surface area (Å²) in [6.45, 7) is 0.830. The molecule has 11 heteroatoms. The van der Waals surface area contributed by atoms with Gasteiger partial charge in [0, 0.05) is 35.8 Å². The molecule has 0 aromatic heterocycles. The highest BCUT2D eigenvalue weighted by Gasteiger charge is 2.44. The smallest absolute Gasteiger partial charge is 0.490 e. The first-order valence-corrected chi connectivity index (χ1v) is 14.9. The van der Waals surface area contributed by atoms with E-state index in [1.807, 2.05) is 54.6 Å². The number of likely N-dealkylation sites (tertiary alicyclic amines) is 1. The number of benzene rings is 3. The third-order valence-corrected chi connectivity index (χ3v) is 8.13. The fourth-order valence-electron chi connectivity index (χ4n) is 4.48. The Labute approximate surface area is 233 Å². The molecule has 1 heterocycles. The summed E-state index contributed by atoms with van der Waals surface area (Å²) in [6, 6.07) is 21.3. The number of hydrogen-bond acceptors (Lipinski definition) is 6. The highest BCUT2D eigenvalue weighted by atomic mass is 79.9. The van der Waals surface area contributed by atoms with E-state index in [9.17, 15) is 26.4 Å². The van der Waals surface area contributed by atoms with Crippen LogP contribution in [0.2, 0.25) is 0 Å². The zero-order chi connectivity index (χ0) is 28.2. The maximum atomic E-state index is 13.0. The summed E-state index contributed by atoms with van der Waals surface area (Å²) >= 11 is 3.36. The molecule has 208 valence electrons. The van der Waals surface area contributed by atoms with Gasteiger partial charge in [0.1, 0.15) is 5.75 Å². The molecule has 1 fully saturated rings. The third kappa shape index (κ3) is 7.83. The van der Waals surface area contributed by atoms with Crippen molar-refractivity contribution in [1.82, 2.24) is 4.90 Å². The van der Waals surface area contributed by atoms with Gasteiger partial charge < -0.3 is 9.47 Å². The molecular formula is C28H27BrF3NO5S. The molecule has 1 saturated heterocycles. The Morgan fingerprint density at radius 2 is 1.74 bits per heavy atom. The first-order chi connectivity index (χ1) is 18.4. The SMILES string of the molecule is CS(=O)(=O)c1cc(OCC2CCN(Cc3ccc(Br)cc3)C(OC(=O)C(F)(F)F)C2)ccc1-c1ccccc1.